The lowest BCUT2D eigenvalue weighted by Crippen LogP contribution is -2.66. The van der Waals surface area contributed by atoms with Crippen LogP contribution in [0.1, 0.15) is 106 Å². The van der Waals surface area contributed by atoms with E-state index in [0.717, 1.165) is 51.4 Å². The third kappa shape index (κ3) is 3.49. The quantitative estimate of drug-likeness (QED) is 0.388. The summed E-state index contributed by atoms with van der Waals surface area (Å²) >= 11 is 5.11. The number of carboxylic acids is 1. The van der Waals surface area contributed by atoms with Crippen molar-refractivity contribution in [1.29, 1.82) is 0 Å². The van der Waals surface area contributed by atoms with Crippen LogP contribution in [0.3, 0.4) is 0 Å². The van der Waals surface area contributed by atoms with Crippen LogP contribution in [0, 0.1) is 50.2 Å². The number of aliphatic carboxylic acids is 1. The van der Waals surface area contributed by atoms with Crippen LogP contribution in [0.4, 0.5) is 0 Å². The van der Waals surface area contributed by atoms with Gasteiger partial charge in [0.2, 0.25) is 0 Å². The predicted octanol–water partition coefficient (Wildman–Crippen LogP) is 6.68. The number of hydrogen-bond donors (Lipinski definition) is 2. The zero-order valence-corrected chi connectivity index (χ0v) is 24.7. The molecule has 6 heteroatoms. The maximum atomic E-state index is 14.4. The monoisotopic (exact) mass is 529 g/mol. The second-order valence-electron chi connectivity index (χ2n) is 15.3. The highest BCUT2D eigenvalue weighted by molar-refractivity contribution is 7.80. The van der Waals surface area contributed by atoms with Crippen LogP contribution in [0.5, 0.6) is 0 Å². The van der Waals surface area contributed by atoms with Gasteiger partial charge in [-0.25, -0.2) is 0 Å². The Bertz CT molecular complexity index is 1080. The molecule has 0 radical (unpaired) electrons. The van der Waals surface area contributed by atoms with E-state index in [4.69, 9.17) is 22.7 Å². The molecule has 9 atom stereocenters. The molecule has 0 heterocycles. The number of carboxylic acid groups (broad SMARTS) is 1. The summed E-state index contributed by atoms with van der Waals surface area (Å²) in [7, 11) is 0. The fourth-order valence-corrected chi connectivity index (χ4v) is 10.8. The van der Waals surface area contributed by atoms with Crippen LogP contribution in [-0.2, 0) is 14.3 Å². The van der Waals surface area contributed by atoms with Crippen molar-refractivity contribution in [3.8, 4) is 0 Å². The van der Waals surface area contributed by atoms with Crippen molar-refractivity contribution >= 4 is 29.1 Å². The minimum atomic E-state index is -0.723. The molecule has 0 aliphatic heterocycles. The number of nitrogens with two attached hydrogens (primary N) is 1. The molecule has 0 unspecified atom stereocenters. The molecule has 4 fully saturated rings. The van der Waals surface area contributed by atoms with E-state index in [2.05, 4.69) is 41.5 Å². The van der Waals surface area contributed by atoms with Crippen molar-refractivity contribution in [2.75, 3.05) is 0 Å². The van der Waals surface area contributed by atoms with E-state index in [0.29, 0.717) is 12.3 Å². The van der Waals surface area contributed by atoms with Gasteiger partial charge in [0.1, 0.15) is 6.10 Å². The highest BCUT2D eigenvalue weighted by Gasteiger charge is 2.70. The molecular formula is C31H47NO4S. The lowest BCUT2D eigenvalue weighted by atomic mass is 9.33. The van der Waals surface area contributed by atoms with E-state index in [1.54, 1.807) is 0 Å². The van der Waals surface area contributed by atoms with Crippen molar-refractivity contribution in [1.82, 2.24) is 0 Å². The summed E-state index contributed by atoms with van der Waals surface area (Å²) in [5.41, 5.74) is 5.90. The van der Waals surface area contributed by atoms with Crippen LogP contribution in [0.15, 0.2) is 11.6 Å². The zero-order valence-electron chi connectivity index (χ0n) is 23.9. The summed E-state index contributed by atoms with van der Waals surface area (Å²) in [5.74, 6) is 0.0294. The number of ketones is 1. The van der Waals surface area contributed by atoms with Gasteiger partial charge in [0.25, 0.3) is 5.17 Å². The third-order valence-corrected chi connectivity index (χ3v) is 13.4. The molecule has 0 aromatic heterocycles. The predicted molar refractivity (Wildman–Crippen MR) is 149 cm³/mol. The van der Waals surface area contributed by atoms with E-state index >= 15 is 0 Å². The molecule has 0 aromatic rings. The van der Waals surface area contributed by atoms with Gasteiger partial charge < -0.3 is 15.6 Å². The molecule has 0 bridgehead atoms. The van der Waals surface area contributed by atoms with Crippen LogP contribution in [0.2, 0.25) is 0 Å². The van der Waals surface area contributed by atoms with E-state index < -0.39 is 11.4 Å². The molecule has 4 saturated carbocycles. The second kappa shape index (κ2) is 8.05. The fourth-order valence-electron chi connectivity index (χ4n) is 10.7. The summed E-state index contributed by atoms with van der Waals surface area (Å²) in [6.07, 6.45) is 10.3. The normalized spacial score (nSPS) is 50.5. The highest BCUT2D eigenvalue weighted by Crippen LogP contribution is 2.75. The lowest BCUT2D eigenvalue weighted by molar-refractivity contribution is -0.200. The molecule has 206 valence electrons. The topological polar surface area (TPSA) is 89.6 Å². The largest absolute Gasteiger partial charge is 0.481 e. The van der Waals surface area contributed by atoms with Crippen molar-refractivity contribution in [2.45, 2.75) is 112 Å². The first kappa shape index (κ1) is 27.1. The second-order valence-corrected chi connectivity index (χ2v) is 15.7. The standard InChI is InChI=1S/C31H47NO4S/c1-26(2)21-8-11-31(7)23(29(21,5)10-9-22(26)36-25(32)37)20(33)16-18-19-17-28(4,24(34)35)13-12-27(19,3)14-15-30(18,31)6/h16,19,21-23H,8-15,17H2,1-7H3,(H2,32,37)(H,34,35)/t19-,21-,22-,23+,27+,28-,29-,30+,31+/m0/s1. The van der Waals surface area contributed by atoms with Gasteiger partial charge in [0, 0.05) is 11.3 Å². The first-order valence-electron chi connectivity index (χ1n) is 14.4. The van der Waals surface area contributed by atoms with Gasteiger partial charge in [0.05, 0.1) is 5.41 Å². The molecule has 5 aliphatic carbocycles. The number of allylic oxidation sites excluding steroid dienone is 2. The molecule has 0 aromatic carbocycles. The Morgan fingerprint density at radius 3 is 2.27 bits per heavy atom. The van der Waals surface area contributed by atoms with Gasteiger partial charge in [0.15, 0.2) is 5.78 Å². The summed E-state index contributed by atoms with van der Waals surface area (Å²) < 4.78 is 5.97. The SMILES string of the molecule is CC1(C)[C@@H](OC(N)=S)CC[C@]2(C)[C@H]3C(=O)C=C4[C@@H]5C[C@@](C)(C(=O)O)CC[C@]5(C)CC[C@@]4(C)[C@]3(C)CC[C@@H]12. The van der Waals surface area contributed by atoms with Gasteiger partial charge in [-0.2, -0.15) is 0 Å². The van der Waals surface area contributed by atoms with Gasteiger partial charge in [-0.15, -0.1) is 0 Å². The highest BCUT2D eigenvalue weighted by atomic mass is 32.1. The Hall–Kier alpha value is -1.43. The van der Waals surface area contributed by atoms with Gasteiger partial charge >= 0.3 is 5.97 Å². The summed E-state index contributed by atoms with van der Waals surface area (Å²) in [6.45, 7) is 16.0. The van der Waals surface area contributed by atoms with Crippen LogP contribution >= 0.6 is 12.2 Å². The molecule has 37 heavy (non-hydrogen) atoms. The average Bonchev–Trinajstić information content (AvgIpc) is 2.78. The van der Waals surface area contributed by atoms with Crippen LogP contribution in [0.25, 0.3) is 0 Å². The number of fused-ring (bicyclic) bond motifs is 7. The van der Waals surface area contributed by atoms with Crippen LogP contribution < -0.4 is 5.73 Å². The van der Waals surface area contributed by atoms with Gasteiger partial charge in [-0.05, 0) is 117 Å². The Morgan fingerprint density at radius 2 is 1.65 bits per heavy atom. The van der Waals surface area contributed by atoms with E-state index in [1.807, 2.05) is 13.0 Å². The minimum absolute atomic E-state index is 0.0286. The van der Waals surface area contributed by atoms with Crippen molar-refractivity contribution in [2.24, 2.45) is 56.0 Å². The molecule has 5 nitrogen and oxygen atoms in total. The Labute approximate surface area is 228 Å². The number of hydrogen-bond acceptors (Lipinski definition) is 4. The maximum Gasteiger partial charge on any atom is 0.309 e. The molecule has 0 spiro atoms. The van der Waals surface area contributed by atoms with Crippen molar-refractivity contribution < 1.29 is 19.4 Å². The molecule has 0 amide bonds. The third-order valence-electron chi connectivity index (χ3n) is 13.3. The smallest absolute Gasteiger partial charge is 0.309 e. The van der Waals surface area contributed by atoms with Crippen molar-refractivity contribution in [3.63, 3.8) is 0 Å². The number of carbonyl (C=O) groups excluding carboxylic acids is 1. The number of rotatable bonds is 2. The number of carbonyl (C=O) groups is 2. The zero-order chi connectivity index (χ0) is 27.4. The minimum Gasteiger partial charge on any atom is -0.481 e. The van der Waals surface area contributed by atoms with E-state index in [9.17, 15) is 14.7 Å². The molecule has 3 N–H and O–H groups in total. The average molecular weight is 530 g/mol. The van der Waals surface area contributed by atoms with E-state index in [1.165, 1.54) is 5.57 Å². The van der Waals surface area contributed by atoms with E-state index in [-0.39, 0.29) is 56.0 Å². The summed E-state index contributed by atoms with van der Waals surface area (Å²) in [6, 6.07) is 0. The Kier molecular flexibility index (Phi) is 5.91. The fraction of sp³-hybridized carbons (Fsp3) is 0.839. The lowest BCUT2D eigenvalue weighted by Gasteiger charge is -2.70. The van der Waals surface area contributed by atoms with Crippen molar-refractivity contribution in [3.05, 3.63) is 11.6 Å². The number of thiocarbonyl (C=S) groups is 1. The summed E-state index contributed by atoms with van der Waals surface area (Å²) in [4.78, 5) is 26.7. The molecule has 0 saturated heterocycles. The first-order chi connectivity index (χ1) is 16.9. The van der Waals surface area contributed by atoms with Crippen LogP contribution in [-0.4, -0.2) is 28.1 Å². The summed E-state index contributed by atoms with van der Waals surface area (Å²) in [5, 5.41) is 10.2. The molecule has 5 rings (SSSR count). The first-order valence-corrected chi connectivity index (χ1v) is 14.8. The van der Waals surface area contributed by atoms with Gasteiger partial charge in [-0.3, -0.25) is 9.59 Å². The maximum absolute atomic E-state index is 14.4. The van der Waals surface area contributed by atoms with Gasteiger partial charge in [-0.1, -0.05) is 47.1 Å². The Balaban J connectivity index is 1.58. The number of ether oxygens (including phenoxy) is 1. The molecule has 5 aliphatic rings. The molecular weight excluding hydrogens is 482 g/mol. The Morgan fingerprint density at radius 1 is 1.00 bits per heavy atom.